The molecule has 110 valence electrons. The molecule has 0 aromatic rings. The van der Waals surface area contributed by atoms with Crippen molar-refractivity contribution in [2.45, 2.75) is 65.2 Å². The lowest BCUT2D eigenvalue weighted by molar-refractivity contribution is -0.135. The lowest BCUT2D eigenvalue weighted by Crippen LogP contribution is -2.52. The molecule has 4 aliphatic rings. The van der Waals surface area contributed by atoms with Crippen LogP contribution in [0.25, 0.3) is 0 Å². The molecule has 6 atom stereocenters. The van der Waals surface area contributed by atoms with E-state index in [1.54, 1.807) is 0 Å². The number of hydrogen-bond acceptors (Lipinski definition) is 1. The van der Waals surface area contributed by atoms with Crippen LogP contribution < -0.4 is 0 Å². The van der Waals surface area contributed by atoms with Crippen LogP contribution in [0.4, 0.5) is 0 Å². The minimum Gasteiger partial charge on any atom is -0.299 e. The third-order valence-corrected chi connectivity index (χ3v) is 7.87. The zero-order valence-electron chi connectivity index (χ0n) is 13.0. The fourth-order valence-corrected chi connectivity index (χ4v) is 6.60. The summed E-state index contributed by atoms with van der Waals surface area (Å²) in [7, 11) is 0. The highest BCUT2D eigenvalue weighted by Gasteiger charge is 2.59. The van der Waals surface area contributed by atoms with Gasteiger partial charge in [0.1, 0.15) is 5.78 Å². The molecule has 0 saturated heterocycles. The van der Waals surface area contributed by atoms with Gasteiger partial charge in [0.15, 0.2) is 0 Å². The van der Waals surface area contributed by atoms with E-state index in [9.17, 15) is 4.79 Å². The monoisotopic (exact) mass is 272 g/mol. The summed E-state index contributed by atoms with van der Waals surface area (Å²) < 4.78 is 0. The van der Waals surface area contributed by atoms with Crippen molar-refractivity contribution in [3.63, 3.8) is 0 Å². The number of hydrogen-bond donors (Lipinski definition) is 0. The van der Waals surface area contributed by atoms with Gasteiger partial charge >= 0.3 is 0 Å². The fraction of sp³-hybridized carbons (Fsp3) is 0.842. The average molecular weight is 272 g/mol. The Hall–Kier alpha value is -0.590. The van der Waals surface area contributed by atoms with Gasteiger partial charge in [0.25, 0.3) is 0 Å². The molecule has 1 nitrogen and oxygen atoms in total. The normalized spacial score (nSPS) is 54.2. The number of fused-ring (bicyclic) bond motifs is 5. The molecule has 0 aromatic carbocycles. The van der Waals surface area contributed by atoms with E-state index in [0.717, 1.165) is 24.2 Å². The summed E-state index contributed by atoms with van der Waals surface area (Å²) in [6, 6.07) is 0. The average Bonchev–Trinajstić information content (AvgIpc) is 2.74. The molecule has 1 unspecified atom stereocenters. The molecule has 20 heavy (non-hydrogen) atoms. The molecule has 1 heteroatoms. The summed E-state index contributed by atoms with van der Waals surface area (Å²) in [5.41, 5.74) is 0.583. The largest absolute Gasteiger partial charge is 0.299 e. The maximum atomic E-state index is 12.4. The molecule has 4 rings (SSSR count). The zero-order valence-corrected chi connectivity index (χ0v) is 13.0. The predicted octanol–water partition coefficient (Wildman–Crippen LogP) is 4.76. The van der Waals surface area contributed by atoms with Crippen LogP contribution in [0, 0.1) is 34.5 Å². The third-order valence-electron chi connectivity index (χ3n) is 7.87. The molecule has 0 bridgehead atoms. The lowest BCUT2D eigenvalue weighted by atomic mass is 9.46. The van der Waals surface area contributed by atoms with Gasteiger partial charge in [-0.25, -0.2) is 0 Å². The summed E-state index contributed by atoms with van der Waals surface area (Å²) in [6.07, 6.45) is 14.9. The number of rotatable bonds is 0. The van der Waals surface area contributed by atoms with Gasteiger partial charge in [0, 0.05) is 11.8 Å². The Morgan fingerprint density at radius 3 is 2.75 bits per heavy atom. The highest BCUT2D eigenvalue weighted by atomic mass is 16.1. The molecular weight excluding hydrogens is 244 g/mol. The van der Waals surface area contributed by atoms with Crippen LogP contribution in [0.5, 0.6) is 0 Å². The van der Waals surface area contributed by atoms with Crippen molar-refractivity contribution in [1.82, 2.24) is 0 Å². The van der Waals surface area contributed by atoms with Crippen molar-refractivity contribution in [1.29, 1.82) is 0 Å². The number of Topliss-reactive ketones (excluding diaryl/α,β-unsaturated/α-hetero) is 1. The first kappa shape index (κ1) is 13.1. The Kier molecular flexibility index (Phi) is 2.76. The Bertz CT molecular complexity index is 464. The smallest absolute Gasteiger partial charge is 0.139 e. The Labute approximate surface area is 123 Å². The number of carbonyl (C=O) groups excluding carboxylic acids is 1. The summed E-state index contributed by atoms with van der Waals surface area (Å²) in [5.74, 6) is 3.83. The minimum atomic E-state index is 0.0505. The van der Waals surface area contributed by atoms with E-state index >= 15 is 0 Å². The number of allylic oxidation sites excluding steroid dienone is 2. The van der Waals surface area contributed by atoms with Crippen molar-refractivity contribution < 1.29 is 4.79 Å². The minimum absolute atomic E-state index is 0.0505. The van der Waals surface area contributed by atoms with Crippen LogP contribution in [-0.2, 0) is 4.79 Å². The summed E-state index contributed by atoms with van der Waals surface area (Å²) >= 11 is 0. The van der Waals surface area contributed by atoms with Gasteiger partial charge in [0.2, 0.25) is 0 Å². The Morgan fingerprint density at radius 1 is 1.05 bits per heavy atom. The van der Waals surface area contributed by atoms with E-state index in [-0.39, 0.29) is 5.41 Å². The second kappa shape index (κ2) is 4.21. The standard InChI is InChI=1S/C19H28O/c1-18-11-4-3-5-13(18)6-7-14-15-8-9-17(20)19(15,2)12-10-16(14)18/h3,5,13-16H,4,6-12H2,1-2H3/t13-,14-,15-,16?,18-,19-/m0/s1. The quantitative estimate of drug-likeness (QED) is 0.581. The number of carbonyl (C=O) groups is 1. The third kappa shape index (κ3) is 1.53. The van der Waals surface area contributed by atoms with Crippen LogP contribution in [-0.4, -0.2) is 5.78 Å². The second-order valence-electron chi connectivity index (χ2n) is 8.45. The molecule has 4 aliphatic carbocycles. The van der Waals surface area contributed by atoms with E-state index in [1.807, 2.05) is 0 Å². The molecule has 3 fully saturated rings. The summed E-state index contributed by atoms with van der Waals surface area (Å²) in [6.45, 7) is 4.86. The first-order valence-corrected chi connectivity index (χ1v) is 8.76. The van der Waals surface area contributed by atoms with E-state index in [1.165, 1.54) is 44.9 Å². The molecule has 0 radical (unpaired) electrons. The van der Waals surface area contributed by atoms with Gasteiger partial charge < -0.3 is 0 Å². The SMILES string of the molecule is C[C@]12CCC3[C@@H](CC[C@@H]4C=CCC[C@]34C)[C@@H]1CCC2=O. The zero-order chi connectivity index (χ0) is 14.0. The van der Waals surface area contributed by atoms with Gasteiger partial charge in [-0.05, 0) is 74.0 Å². The van der Waals surface area contributed by atoms with Crippen molar-refractivity contribution in [2.75, 3.05) is 0 Å². The Balaban J connectivity index is 1.68. The van der Waals surface area contributed by atoms with Crippen LogP contribution in [0.15, 0.2) is 12.2 Å². The van der Waals surface area contributed by atoms with Crippen molar-refractivity contribution in [3.05, 3.63) is 12.2 Å². The summed E-state index contributed by atoms with van der Waals surface area (Å²) in [5, 5.41) is 0. The molecule has 3 saturated carbocycles. The summed E-state index contributed by atoms with van der Waals surface area (Å²) in [4.78, 5) is 12.4. The first-order chi connectivity index (χ1) is 9.56. The van der Waals surface area contributed by atoms with Crippen molar-refractivity contribution in [2.24, 2.45) is 34.5 Å². The maximum absolute atomic E-state index is 12.4. The topological polar surface area (TPSA) is 17.1 Å². The van der Waals surface area contributed by atoms with Crippen LogP contribution in [0.3, 0.4) is 0 Å². The van der Waals surface area contributed by atoms with E-state index in [4.69, 9.17) is 0 Å². The maximum Gasteiger partial charge on any atom is 0.139 e. The van der Waals surface area contributed by atoms with Crippen LogP contribution in [0.2, 0.25) is 0 Å². The van der Waals surface area contributed by atoms with E-state index in [0.29, 0.717) is 17.1 Å². The molecule has 0 spiro atoms. The molecular formula is C19H28O. The van der Waals surface area contributed by atoms with Gasteiger partial charge in [-0.2, -0.15) is 0 Å². The van der Waals surface area contributed by atoms with Crippen molar-refractivity contribution >= 4 is 5.78 Å². The van der Waals surface area contributed by atoms with Crippen LogP contribution in [0.1, 0.15) is 65.2 Å². The second-order valence-corrected chi connectivity index (χ2v) is 8.45. The fourth-order valence-electron chi connectivity index (χ4n) is 6.60. The highest BCUT2D eigenvalue weighted by Crippen LogP contribution is 2.64. The molecule has 0 amide bonds. The molecule has 0 aliphatic heterocycles. The predicted molar refractivity (Wildman–Crippen MR) is 81.3 cm³/mol. The molecule has 0 heterocycles. The van der Waals surface area contributed by atoms with E-state index in [2.05, 4.69) is 26.0 Å². The van der Waals surface area contributed by atoms with Gasteiger partial charge in [-0.1, -0.05) is 26.0 Å². The first-order valence-electron chi connectivity index (χ1n) is 8.76. The Morgan fingerprint density at radius 2 is 1.90 bits per heavy atom. The van der Waals surface area contributed by atoms with E-state index < -0.39 is 0 Å². The molecule has 0 N–H and O–H groups in total. The van der Waals surface area contributed by atoms with Gasteiger partial charge in [-0.15, -0.1) is 0 Å². The van der Waals surface area contributed by atoms with Gasteiger partial charge in [-0.3, -0.25) is 4.79 Å². The number of ketones is 1. The lowest BCUT2D eigenvalue weighted by Gasteiger charge is -2.58. The van der Waals surface area contributed by atoms with Gasteiger partial charge in [0.05, 0.1) is 0 Å². The molecule has 0 aromatic heterocycles. The van der Waals surface area contributed by atoms with Crippen LogP contribution >= 0.6 is 0 Å². The highest BCUT2D eigenvalue weighted by molar-refractivity contribution is 5.87. The van der Waals surface area contributed by atoms with Crippen molar-refractivity contribution in [3.8, 4) is 0 Å².